The Morgan fingerprint density at radius 1 is 1.06 bits per heavy atom. The Morgan fingerprint density at radius 3 is 2.55 bits per heavy atom. The summed E-state index contributed by atoms with van der Waals surface area (Å²) < 4.78 is 21.8. The third kappa shape index (κ3) is 5.74. The Labute approximate surface area is 187 Å². The van der Waals surface area contributed by atoms with E-state index in [2.05, 4.69) is 10.6 Å². The zero-order valence-electron chi connectivity index (χ0n) is 17.8. The average Bonchev–Trinajstić information content (AvgIpc) is 2.77. The fourth-order valence-electron chi connectivity index (χ4n) is 3.23. The van der Waals surface area contributed by atoms with Crippen molar-refractivity contribution in [3.63, 3.8) is 0 Å². The van der Waals surface area contributed by atoms with Crippen molar-refractivity contribution in [1.29, 1.82) is 0 Å². The van der Waals surface area contributed by atoms with Crippen molar-refractivity contribution in [2.75, 3.05) is 27.4 Å². The molecule has 0 bridgehead atoms. The van der Waals surface area contributed by atoms with Crippen molar-refractivity contribution in [1.82, 2.24) is 10.6 Å². The fourth-order valence-corrected chi connectivity index (χ4v) is 3.50. The van der Waals surface area contributed by atoms with Gasteiger partial charge in [-0.15, -0.1) is 0 Å². The van der Waals surface area contributed by atoms with Gasteiger partial charge < -0.3 is 29.6 Å². The lowest BCUT2D eigenvalue weighted by molar-refractivity contribution is -0.140. The largest absolute Gasteiger partial charge is 0.493 e. The average molecular weight is 443 g/mol. The molecule has 2 aromatic rings. The number of allylic oxidation sites excluding steroid dienone is 1. The Morgan fingerprint density at radius 2 is 1.84 bits per heavy atom. The molecule has 1 aliphatic rings. The summed E-state index contributed by atoms with van der Waals surface area (Å²) in [5.41, 5.74) is 2.94. The summed E-state index contributed by atoms with van der Waals surface area (Å²) in [5.74, 6) is 0.728. The van der Waals surface area contributed by atoms with Crippen LogP contribution in [-0.2, 0) is 20.9 Å². The molecule has 3 rings (SSSR count). The number of ether oxygens (including phenoxy) is 4. The molecule has 0 spiro atoms. The lowest BCUT2D eigenvalue weighted by atomic mass is 9.95. The molecular formula is C23H26N2O5S. The molecule has 8 heteroatoms. The van der Waals surface area contributed by atoms with Gasteiger partial charge in [-0.25, -0.2) is 4.79 Å². The van der Waals surface area contributed by atoms with E-state index in [0.717, 1.165) is 11.1 Å². The highest BCUT2D eigenvalue weighted by atomic mass is 32.1. The van der Waals surface area contributed by atoms with E-state index >= 15 is 0 Å². The number of nitrogens with one attached hydrogen (secondary N) is 2. The number of hydrogen-bond acceptors (Lipinski definition) is 6. The first kappa shape index (κ1) is 22.6. The topological polar surface area (TPSA) is 78.1 Å². The highest BCUT2D eigenvalue weighted by Gasteiger charge is 2.31. The van der Waals surface area contributed by atoms with E-state index < -0.39 is 12.0 Å². The van der Waals surface area contributed by atoms with Crippen LogP contribution in [0, 0.1) is 0 Å². The third-order valence-electron chi connectivity index (χ3n) is 4.77. The van der Waals surface area contributed by atoms with Crippen molar-refractivity contribution in [2.24, 2.45) is 0 Å². The number of carbonyl (C=O) groups is 1. The molecule has 1 atom stereocenters. The number of benzene rings is 2. The lowest BCUT2D eigenvalue weighted by Crippen LogP contribution is -2.45. The third-order valence-corrected chi connectivity index (χ3v) is 4.99. The van der Waals surface area contributed by atoms with Crippen molar-refractivity contribution in [3.8, 4) is 11.5 Å². The minimum Gasteiger partial charge on any atom is -0.493 e. The molecule has 2 N–H and O–H groups in total. The summed E-state index contributed by atoms with van der Waals surface area (Å²) >= 11 is 5.30. The molecule has 2 aromatic carbocycles. The van der Waals surface area contributed by atoms with Gasteiger partial charge in [0.25, 0.3) is 0 Å². The zero-order valence-corrected chi connectivity index (χ0v) is 18.6. The molecule has 31 heavy (non-hydrogen) atoms. The van der Waals surface area contributed by atoms with Gasteiger partial charge in [0.15, 0.2) is 16.6 Å². The molecule has 0 amide bonds. The molecule has 1 aliphatic heterocycles. The van der Waals surface area contributed by atoms with E-state index in [1.54, 1.807) is 21.1 Å². The van der Waals surface area contributed by atoms with E-state index in [1.807, 2.05) is 48.5 Å². The van der Waals surface area contributed by atoms with Gasteiger partial charge >= 0.3 is 5.97 Å². The van der Waals surface area contributed by atoms with Gasteiger partial charge in [0.1, 0.15) is 13.2 Å². The Kier molecular flexibility index (Phi) is 7.86. The number of thiocarbonyl (C=S) groups is 1. The fraction of sp³-hybridized carbons (Fsp3) is 0.304. The Bertz CT molecular complexity index is 962. The maximum absolute atomic E-state index is 12.7. The normalized spacial score (nSPS) is 15.7. The number of methoxy groups -OCH3 is 2. The smallest absolute Gasteiger partial charge is 0.338 e. The van der Waals surface area contributed by atoms with Gasteiger partial charge in [0, 0.05) is 12.8 Å². The second-order valence-corrected chi connectivity index (χ2v) is 7.29. The SMILES string of the molecule is COCCOC(=O)C1=C(C)NC(=S)N[C@H]1c1ccc(OCc2ccccc2)c(OC)c1. The summed E-state index contributed by atoms with van der Waals surface area (Å²) in [6.45, 7) is 2.70. The van der Waals surface area contributed by atoms with Crippen molar-refractivity contribution >= 4 is 23.3 Å². The first-order chi connectivity index (χ1) is 15.0. The van der Waals surface area contributed by atoms with Gasteiger partial charge in [0.2, 0.25) is 0 Å². The predicted octanol–water partition coefficient (Wildman–Crippen LogP) is 3.26. The van der Waals surface area contributed by atoms with Gasteiger partial charge in [0.05, 0.1) is 25.3 Å². The molecule has 1 heterocycles. The summed E-state index contributed by atoms with van der Waals surface area (Å²) in [6.07, 6.45) is 0. The van der Waals surface area contributed by atoms with Crippen molar-refractivity contribution in [3.05, 3.63) is 70.9 Å². The van der Waals surface area contributed by atoms with Crippen LogP contribution in [0.2, 0.25) is 0 Å². The molecule has 0 saturated heterocycles. The van der Waals surface area contributed by atoms with Crippen LogP contribution in [0.1, 0.15) is 24.1 Å². The highest BCUT2D eigenvalue weighted by molar-refractivity contribution is 7.80. The predicted molar refractivity (Wildman–Crippen MR) is 121 cm³/mol. The monoisotopic (exact) mass is 442 g/mol. The number of carbonyl (C=O) groups excluding carboxylic acids is 1. The van der Waals surface area contributed by atoms with Crippen LogP contribution in [0.25, 0.3) is 0 Å². The molecule has 0 saturated carbocycles. The molecule has 0 aromatic heterocycles. The summed E-state index contributed by atoms with van der Waals surface area (Å²) in [6, 6.07) is 14.9. The summed E-state index contributed by atoms with van der Waals surface area (Å²) in [5, 5.41) is 6.57. The van der Waals surface area contributed by atoms with Gasteiger partial charge in [-0.05, 0) is 42.4 Å². The molecule has 0 fully saturated rings. The molecule has 0 unspecified atom stereocenters. The second kappa shape index (κ2) is 10.8. The summed E-state index contributed by atoms with van der Waals surface area (Å²) in [4.78, 5) is 12.7. The first-order valence-corrected chi connectivity index (χ1v) is 10.2. The van der Waals surface area contributed by atoms with Crippen LogP contribution < -0.4 is 20.1 Å². The van der Waals surface area contributed by atoms with Crippen LogP contribution in [0.4, 0.5) is 0 Å². The zero-order chi connectivity index (χ0) is 22.2. The highest BCUT2D eigenvalue weighted by Crippen LogP contribution is 2.35. The van der Waals surface area contributed by atoms with Crippen LogP contribution in [0.3, 0.4) is 0 Å². The molecule has 7 nitrogen and oxygen atoms in total. The van der Waals surface area contributed by atoms with Crippen LogP contribution in [0.5, 0.6) is 11.5 Å². The van der Waals surface area contributed by atoms with E-state index in [-0.39, 0.29) is 6.61 Å². The minimum atomic E-state index is -0.485. The second-order valence-electron chi connectivity index (χ2n) is 6.88. The quantitative estimate of drug-likeness (QED) is 0.348. The van der Waals surface area contributed by atoms with E-state index in [1.165, 1.54) is 0 Å². The van der Waals surface area contributed by atoms with Crippen molar-refractivity contribution < 1.29 is 23.7 Å². The molecule has 0 aliphatic carbocycles. The number of rotatable bonds is 9. The Balaban J connectivity index is 1.84. The molecular weight excluding hydrogens is 416 g/mol. The molecule has 0 radical (unpaired) electrons. The molecule has 164 valence electrons. The minimum absolute atomic E-state index is 0.166. The number of hydrogen-bond donors (Lipinski definition) is 2. The Hall–Kier alpha value is -3.10. The van der Waals surface area contributed by atoms with Gasteiger partial charge in [-0.3, -0.25) is 0 Å². The van der Waals surface area contributed by atoms with Gasteiger partial charge in [-0.1, -0.05) is 36.4 Å². The number of esters is 1. The maximum atomic E-state index is 12.7. The maximum Gasteiger partial charge on any atom is 0.338 e. The first-order valence-electron chi connectivity index (χ1n) is 9.82. The van der Waals surface area contributed by atoms with E-state index in [4.69, 9.17) is 31.2 Å². The van der Waals surface area contributed by atoms with Crippen LogP contribution in [0.15, 0.2) is 59.8 Å². The van der Waals surface area contributed by atoms with Gasteiger partial charge in [-0.2, -0.15) is 0 Å². The standard InChI is InChI=1S/C23H26N2O5S/c1-15-20(22(26)29-12-11-27-2)21(25-23(31)24-15)17-9-10-18(19(13-17)28-3)30-14-16-7-5-4-6-8-16/h4-10,13,21H,11-12,14H2,1-3H3,(H2,24,25,31)/t21-/m0/s1. The van der Waals surface area contributed by atoms with Crippen molar-refractivity contribution in [2.45, 2.75) is 19.6 Å². The lowest BCUT2D eigenvalue weighted by Gasteiger charge is -2.30. The van der Waals surface area contributed by atoms with Crippen LogP contribution in [-0.4, -0.2) is 38.5 Å². The van der Waals surface area contributed by atoms with E-state index in [0.29, 0.717) is 41.1 Å². The summed E-state index contributed by atoms with van der Waals surface area (Å²) in [7, 11) is 3.13. The van der Waals surface area contributed by atoms with Crippen LogP contribution >= 0.6 is 12.2 Å². The van der Waals surface area contributed by atoms with E-state index in [9.17, 15) is 4.79 Å².